The summed E-state index contributed by atoms with van der Waals surface area (Å²) in [4.78, 5) is 0. The number of hydrogen-bond acceptors (Lipinski definition) is 1. The van der Waals surface area contributed by atoms with Crippen molar-refractivity contribution in [2.24, 2.45) is 0 Å². The maximum absolute atomic E-state index is 5.36. The Balaban J connectivity index is 2.00. The molecule has 2 aromatic carbocycles. The van der Waals surface area contributed by atoms with Crippen LogP contribution in [0.2, 0.25) is 0 Å². The molecule has 0 aliphatic carbocycles. The Bertz CT molecular complexity index is 613. The van der Waals surface area contributed by atoms with Gasteiger partial charge in [0.15, 0.2) is 5.11 Å². The second kappa shape index (κ2) is 6.86. The number of benzene rings is 2. The van der Waals surface area contributed by atoms with Crippen molar-refractivity contribution in [1.82, 2.24) is 5.32 Å². The van der Waals surface area contributed by atoms with Gasteiger partial charge in [-0.15, -0.1) is 0 Å². The second-order valence-corrected chi connectivity index (χ2v) is 5.97. The van der Waals surface area contributed by atoms with Crippen molar-refractivity contribution in [3.05, 3.63) is 64.1 Å². The van der Waals surface area contributed by atoms with Gasteiger partial charge in [-0.1, -0.05) is 46.3 Å². The molecule has 0 unspecified atom stereocenters. The lowest BCUT2D eigenvalue weighted by Crippen LogP contribution is -2.31. The summed E-state index contributed by atoms with van der Waals surface area (Å²) in [7, 11) is 0. The van der Waals surface area contributed by atoms with Crippen molar-refractivity contribution < 1.29 is 0 Å². The Labute approximate surface area is 133 Å². The third-order valence-corrected chi connectivity index (χ3v) is 3.94. The molecule has 0 spiro atoms. The van der Waals surface area contributed by atoms with Crippen molar-refractivity contribution in [2.75, 3.05) is 5.32 Å². The van der Waals surface area contributed by atoms with Gasteiger partial charge in [-0.2, -0.15) is 0 Å². The van der Waals surface area contributed by atoms with Gasteiger partial charge in [0.25, 0.3) is 0 Å². The molecule has 0 aromatic heterocycles. The number of anilines is 1. The van der Waals surface area contributed by atoms with Crippen LogP contribution in [0.25, 0.3) is 0 Å². The molecular formula is C16H17BrN2S. The SMILES string of the molecule is Cc1cccc(NC(=S)N[C@@H](C)c2ccccc2Br)c1. The van der Waals surface area contributed by atoms with Crippen LogP contribution in [0, 0.1) is 6.92 Å². The minimum atomic E-state index is 0.135. The number of nitrogens with one attached hydrogen (secondary N) is 2. The molecule has 0 heterocycles. The summed E-state index contributed by atoms with van der Waals surface area (Å²) >= 11 is 8.92. The Morgan fingerprint density at radius 3 is 2.60 bits per heavy atom. The lowest BCUT2D eigenvalue weighted by molar-refractivity contribution is 0.719. The van der Waals surface area contributed by atoms with E-state index in [1.54, 1.807) is 0 Å². The highest BCUT2D eigenvalue weighted by Gasteiger charge is 2.09. The topological polar surface area (TPSA) is 24.1 Å². The summed E-state index contributed by atoms with van der Waals surface area (Å²) in [6, 6.07) is 16.4. The maximum atomic E-state index is 5.36. The van der Waals surface area contributed by atoms with Gasteiger partial charge in [0.1, 0.15) is 0 Å². The van der Waals surface area contributed by atoms with Crippen molar-refractivity contribution in [1.29, 1.82) is 0 Å². The third-order valence-electron chi connectivity index (χ3n) is 3.00. The fraction of sp³-hybridized carbons (Fsp3) is 0.188. The van der Waals surface area contributed by atoms with E-state index >= 15 is 0 Å². The van der Waals surface area contributed by atoms with Crippen LogP contribution in [-0.4, -0.2) is 5.11 Å². The third kappa shape index (κ3) is 4.05. The van der Waals surface area contributed by atoms with E-state index in [1.807, 2.05) is 30.3 Å². The van der Waals surface area contributed by atoms with E-state index < -0.39 is 0 Å². The lowest BCUT2D eigenvalue weighted by Gasteiger charge is -2.18. The minimum Gasteiger partial charge on any atom is -0.356 e. The second-order valence-electron chi connectivity index (χ2n) is 4.71. The average molecular weight is 349 g/mol. The first-order valence-corrected chi connectivity index (χ1v) is 7.65. The molecule has 20 heavy (non-hydrogen) atoms. The van der Waals surface area contributed by atoms with Gasteiger partial charge in [-0.05, 0) is 55.4 Å². The molecule has 0 amide bonds. The lowest BCUT2D eigenvalue weighted by atomic mass is 10.1. The predicted octanol–water partition coefficient (Wildman–Crippen LogP) is 4.81. The van der Waals surface area contributed by atoms with Gasteiger partial charge in [-0.25, -0.2) is 0 Å². The molecule has 1 atom stereocenters. The first kappa shape index (κ1) is 15.0. The van der Waals surface area contributed by atoms with Gasteiger partial charge in [0.2, 0.25) is 0 Å². The quantitative estimate of drug-likeness (QED) is 0.778. The van der Waals surface area contributed by atoms with Crippen molar-refractivity contribution in [3.8, 4) is 0 Å². The Morgan fingerprint density at radius 2 is 1.90 bits per heavy atom. The van der Waals surface area contributed by atoms with Crippen molar-refractivity contribution in [2.45, 2.75) is 19.9 Å². The van der Waals surface area contributed by atoms with Crippen LogP contribution in [0.4, 0.5) is 5.69 Å². The summed E-state index contributed by atoms with van der Waals surface area (Å²) < 4.78 is 1.08. The standard InChI is InChI=1S/C16H17BrN2S/c1-11-6-5-7-13(10-11)19-16(20)18-12(2)14-8-3-4-9-15(14)17/h3-10,12H,1-2H3,(H2,18,19,20)/t12-/m0/s1. The van der Waals surface area contributed by atoms with E-state index in [9.17, 15) is 0 Å². The minimum absolute atomic E-state index is 0.135. The highest BCUT2D eigenvalue weighted by atomic mass is 79.9. The molecule has 4 heteroatoms. The zero-order valence-electron chi connectivity index (χ0n) is 11.5. The van der Waals surface area contributed by atoms with E-state index in [-0.39, 0.29) is 6.04 Å². The molecule has 2 nitrogen and oxygen atoms in total. The molecule has 0 aliphatic heterocycles. The van der Waals surface area contributed by atoms with Gasteiger partial charge < -0.3 is 10.6 Å². The molecular weight excluding hydrogens is 332 g/mol. The average Bonchev–Trinajstić information content (AvgIpc) is 2.38. The first-order chi connectivity index (χ1) is 9.56. The van der Waals surface area contributed by atoms with Gasteiger partial charge >= 0.3 is 0 Å². The van der Waals surface area contributed by atoms with Gasteiger partial charge in [0, 0.05) is 10.2 Å². The fourth-order valence-electron chi connectivity index (χ4n) is 1.99. The molecule has 2 aromatic rings. The van der Waals surface area contributed by atoms with Crippen LogP contribution < -0.4 is 10.6 Å². The summed E-state index contributed by atoms with van der Waals surface area (Å²) in [5.74, 6) is 0. The molecule has 0 saturated heterocycles. The van der Waals surface area contributed by atoms with E-state index in [2.05, 4.69) is 58.6 Å². The van der Waals surface area contributed by atoms with Crippen molar-refractivity contribution >= 4 is 38.9 Å². The highest BCUT2D eigenvalue weighted by molar-refractivity contribution is 9.10. The molecule has 104 valence electrons. The van der Waals surface area contributed by atoms with Crippen LogP contribution in [0.1, 0.15) is 24.1 Å². The first-order valence-electron chi connectivity index (χ1n) is 6.45. The van der Waals surface area contributed by atoms with Crippen LogP contribution >= 0.6 is 28.1 Å². The normalized spacial score (nSPS) is 11.8. The zero-order chi connectivity index (χ0) is 14.5. The summed E-state index contributed by atoms with van der Waals surface area (Å²) in [6.07, 6.45) is 0. The van der Waals surface area contributed by atoms with Crippen LogP contribution in [0.3, 0.4) is 0 Å². The summed E-state index contributed by atoms with van der Waals surface area (Å²) in [6.45, 7) is 4.15. The van der Waals surface area contributed by atoms with Gasteiger partial charge in [0.05, 0.1) is 6.04 Å². The van der Waals surface area contributed by atoms with E-state index in [0.29, 0.717) is 5.11 Å². The number of halogens is 1. The summed E-state index contributed by atoms with van der Waals surface area (Å²) in [5.41, 5.74) is 3.39. The maximum Gasteiger partial charge on any atom is 0.171 e. The van der Waals surface area contributed by atoms with E-state index in [4.69, 9.17) is 12.2 Å². The Hall–Kier alpha value is -1.39. The van der Waals surface area contributed by atoms with E-state index in [0.717, 1.165) is 10.2 Å². The number of rotatable bonds is 3. The molecule has 0 bridgehead atoms. The number of aryl methyl sites for hydroxylation is 1. The Kier molecular flexibility index (Phi) is 5.15. The van der Waals surface area contributed by atoms with Crippen LogP contribution in [0.15, 0.2) is 53.0 Å². The van der Waals surface area contributed by atoms with E-state index in [1.165, 1.54) is 11.1 Å². The monoisotopic (exact) mass is 348 g/mol. The fourth-order valence-corrected chi connectivity index (χ4v) is 2.91. The Morgan fingerprint density at radius 1 is 1.15 bits per heavy atom. The summed E-state index contributed by atoms with van der Waals surface area (Å²) in [5, 5.41) is 7.13. The van der Waals surface area contributed by atoms with Crippen molar-refractivity contribution in [3.63, 3.8) is 0 Å². The molecule has 0 aliphatic rings. The zero-order valence-corrected chi connectivity index (χ0v) is 13.9. The molecule has 0 saturated carbocycles. The van der Waals surface area contributed by atoms with Gasteiger partial charge in [-0.3, -0.25) is 0 Å². The molecule has 2 N–H and O–H groups in total. The molecule has 0 radical (unpaired) electrons. The largest absolute Gasteiger partial charge is 0.356 e. The molecule has 2 rings (SSSR count). The highest BCUT2D eigenvalue weighted by Crippen LogP contribution is 2.22. The number of thiocarbonyl (C=S) groups is 1. The predicted molar refractivity (Wildman–Crippen MR) is 93.1 cm³/mol. The molecule has 0 fully saturated rings. The van der Waals surface area contributed by atoms with Crippen LogP contribution in [-0.2, 0) is 0 Å². The number of hydrogen-bond donors (Lipinski definition) is 2. The smallest absolute Gasteiger partial charge is 0.171 e. The van der Waals surface area contributed by atoms with Crippen LogP contribution in [0.5, 0.6) is 0 Å².